The summed E-state index contributed by atoms with van der Waals surface area (Å²) in [5, 5.41) is 4.14. The van der Waals surface area contributed by atoms with E-state index in [4.69, 9.17) is 16.3 Å². The lowest BCUT2D eigenvalue weighted by atomic mass is 10.1. The van der Waals surface area contributed by atoms with E-state index in [-0.39, 0.29) is 6.04 Å². The Morgan fingerprint density at radius 1 is 1.15 bits per heavy atom. The van der Waals surface area contributed by atoms with Gasteiger partial charge in [0.05, 0.1) is 6.04 Å². The summed E-state index contributed by atoms with van der Waals surface area (Å²) in [6, 6.07) is 16.2. The molecule has 2 aromatic carbocycles. The minimum atomic E-state index is 0.180. The van der Waals surface area contributed by atoms with Crippen molar-refractivity contribution in [3.05, 3.63) is 64.7 Å². The van der Waals surface area contributed by atoms with Gasteiger partial charge in [-0.25, -0.2) is 0 Å². The summed E-state index contributed by atoms with van der Waals surface area (Å²) < 4.78 is 5.84. The van der Waals surface area contributed by atoms with Gasteiger partial charge in [0.2, 0.25) is 0 Å². The number of benzene rings is 2. The SMILES string of the molecule is CCNC(COc1cccc(Cl)c1)c1ccc(C)cc1. The maximum Gasteiger partial charge on any atom is 0.120 e. The topological polar surface area (TPSA) is 21.3 Å². The molecule has 0 bridgehead atoms. The average molecular weight is 290 g/mol. The Balaban J connectivity index is 2.04. The van der Waals surface area contributed by atoms with Gasteiger partial charge in [-0.15, -0.1) is 0 Å². The van der Waals surface area contributed by atoms with Crippen LogP contribution in [-0.2, 0) is 0 Å². The van der Waals surface area contributed by atoms with E-state index in [1.165, 1.54) is 11.1 Å². The Hall–Kier alpha value is -1.51. The fourth-order valence-electron chi connectivity index (χ4n) is 2.05. The van der Waals surface area contributed by atoms with Crippen molar-refractivity contribution in [2.75, 3.05) is 13.2 Å². The van der Waals surface area contributed by atoms with Crippen molar-refractivity contribution in [3.63, 3.8) is 0 Å². The number of rotatable bonds is 6. The van der Waals surface area contributed by atoms with E-state index in [1.807, 2.05) is 24.3 Å². The van der Waals surface area contributed by atoms with E-state index in [0.29, 0.717) is 11.6 Å². The molecule has 0 amide bonds. The standard InChI is InChI=1S/C17H20ClNO/c1-3-19-17(14-9-7-13(2)8-10-14)12-20-16-6-4-5-15(18)11-16/h4-11,17,19H,3,12H2,1-2H3. The molecular weight excluding hydrogens is 270 g/mol. The fraction of sp³-hybridized carbons (Fsp3) is 0.294. The van der Waals surface area contributed by atoms with Crippen LogP contribution in [0, 0.1) is 6.92 Å². The molecular formula is C17H20ClNO. The molecule has 0 heterocycles. The van der Waals surface area contributed by atoms with Crippen LogP contribution < -0.4 is 10.1 Å². The fourth-order valence-corrected chi connectivity index (χ4v) is 2.23. The highest BCUT2D eigenvalue weighted by atomic mass is 35.5. The lowest BCUT2D eigenvalue weighted by molar-refractivity contribution is 0.268. The normalized spacial score (nSPS) is 12.2. The number of ether oxygens (including phenoxy) is 1. The van der Waals surface area contributed by atoms with Crippen LogP contribution in [0.1, 0.15) is 24.1 Å². The van der Waals surface area contributed by atoms with Crippen molar-refractivity contribution in [2.24, 2.45) is 0 Å². The van der Waals surface area contributed by atoms with Crippen LogP contribution in [0.3, 0.4) is 0 Å². The van der Waals surface area contributed by atoms with Gasteiger partial charge in [0, 0.05) is 5.02 Å². The molecule has 3 heteroatoms. The highest BCUT2D eigenvalue weighted by Gasteiger charge is 2.11. The minimum absolute atomic E-state index is 0.180. The average Bonchev–Trinajstić information content (AvgIpc) is 2.44. The van der Waals surface area contributed by atoms with Gasteiger partial charge in [-0.1, -0.05) is 54.4 Å². The second kappa shape index (κ2) is 7.32. The first kappa shape index (κ1) is 14.9. The molecule has 0 aliphatic heterocycles. The predicted molar refractivity (Wildman–Crippen MR) is 84.5 cm³/mol. The smallest absolute Gasteiger partial charge is 0.120 e. The third-order valence-electron chi connectivity index (χ3n) is 3.14. The molecule has 0 aromatic heterocycles. The number of aryl methyl sites for hydroxylation is 1. The van der Waals surface area contributed by atoms with Crippen LogP contribution in [0.5, 0.6) is 5.75 Å². The van der Waals surface area contributed by atoms with Crippen molar-refractivity contribution in [2.45, 2.75) is 19.9 Å². The van der Waals surface area contributed by atoms with Crippen LogP contribution in [-0.4, -0.2) is 13.2 Å². The molecule has 0 saturated heterocycles. The highest BCUT2D eigenvalue weighted by molar-refractivity contribution is 6.30. The van der Waals surface area contributed by atoms with Crippen LogP contribution in [0.25, 0.3) is 0 Å². The molecule has 0 fully saturated rings. The van der Waals surface area contributed by atoms with Crippen LogP contribution in [0.4, 0.5) is 0 Å². The molecule has 0 radical (unpaired) electrons. The molecule has 106 valence electrons. The lowest BCUT2D eigenvalue weighted by Gasteiger charge is -2.19. The summed E-state index contributed by atoms with van der Waals surface area (Å²) in [7, 11) is 0. The first-order valence-corrected chi connectivity index (χ1v) is 7.25. The van der Waals surface area contributed by atoms with E-state index in [1.54, 1.807) is 0 Å². The van der Waals surface area contributed by atoms with Gasteiger partial charge in [-0.2, -0.15) is 0 Å². The van der Waals surface area contributed by atoms with Gasteiger partial charge >= 0.3 is 0 Å². The van der Waals surface area contributed by atoms with E-state index in [0.717, 1.165) is 12.3 Å². The van der Waals surface area contributed by atoms with Crippen molar-refractivity contribution in [1.29, 1.82) is 0 Å². The van der Waals surface area contributed by atoms with Gasteiger partial charge in [0.1, 0.15) is 12.4 Å². The second-order valence-electron chi connectivity index (χ2n) is 4.79. The second-order valence-corrected chi connectivity index (χ2v) is 5.23. The van der Waals surface area contributed by atoms with Crippen LogP contribution in [0.2, 0.25) is 5.02 Å². The van der Waals surface area contributed by atoms with Gasteiger partial charge in [0.15, 0.2) is 0 Å². The number of halogens is 1. The summed E-state index contributed by atoms with van der Waals surface area (Å²) in [5.41, 5.74) is 2.50. The molecule has 2 nitrogen and oxygen atoms in total. The Labute approximate surface area is 125 Å². The van der Waals surface area contributed by atoms with Crippen LogP contribution in [0.15, 0.2) is 48.5 Å². The van der Waals surface area contributed by atoms with Gasteiger partial charge in [-0.3, -0.25) is 0 Å². The predicted octanol–water partition coefficient (Wildman–Crippen LogP) is 4.38. The summed E-state index contributed by atoms with van der Waals surface area (Å²) in [6.07, 6.45) is 0. The zero-order valence-corrected chi connectivity index (χ0v) is 12.7. The van der Waals surface area contributed by atoms with E-state index >= 15 is 0 Å². The first-order valence-electron chi connectivity index (χ1n) is 6.87. The monoisotopic (exact) mass is 289 g/mol. The highest BCUT2D eigenvalue weighted by Crippen LogP contribution is 2.20. The summed E-state index contributed by atoms with van der Waals surface area (Å²) in [4.78, 5) is 0. The minimum Gasteiger partial charge on any atom is -0.492 e. The quantitative estimate of drug-likeness (QED) is 0.852. The zero-order chi connectivity index (χ0) is 14.4. The largest absolute Gasteiger partial charge is 0.492 e. The van der Waals surface area contributed by atoms with E-state index in [2.05, 4.69) is 43.4 Å². The number of hydrogen-bond donors (Lipinski definition) is 1. The molecule has 1 N–H and O–H groups in total. The maximum absolute atomic E-state index is 5.96. The Kier molecular flexibility index (Phi) is 5.45. The van der Waals surface area contributed by atoms with Crippen LogP contribution >= 0.6 is 11.6 Å². The number of likely N-dealkylation sites (N-methyl/N-ethyl adjacent to an activating group) is 1. The summed E-state index contributed by atoms with van der Waals surface area (Å²) in [6.45, 7) is 5.67. The maximum atomic E-state index is 5.96. The molecule has 1 unspecified atom stereocenters. The molecule has 0 aliphatic carbocycles. The zero-order valence-electron chi connectivity index (χ0n) is 11.9. The lowest BCUT2D eigenvalue weighted by Crippen LogP contribution is -2.26. The first-order chi connectivity index (χ1) is 9.69. The summed E-state index contributed by atoms with van der Waals surface area (Å²) >= 11 is 5.96. The number of hydrogen-bond acceptors (Lipinski definition) is 2. The Morgan fingerprint density at radius 2 is 1.90 bits per heavy atom. The molecule has 2 rings (SSSR count). The van der Waals surface area contributed by atoms with Crippen molar-refractivity contribution < 1.29 is 4.74 Å². The Bertz CT molecular complexity index is 539. The van der Waals surface area contributed by atoms with Crippen molar-refractivity contribution in [3.8, 4) is 5.75 Å². The van der Waals surface area contributed by atoms with Gasteiger partial charge in [0.25, 0.3) is 0 Å². The summed E-state index contributed by atoms with van der Waals surface area (Å²) in [5.74, 6) is 0.799. The Morgan fingerprint density at radius 3 is 2.55 bits per heavy atom. The van der Waals surface area contributed by atoms with Crippen molar-refractivity contribution >= 4 is 11.6 Å². The van der Waals surface area contributed by atoms with E-state index < -0.39 is 0 Å². The molecule has 0 aliphatic rings. The van der Waals surface area contributed by atoms with Gasteiger partial charge < -0.3 is 10.1 Å². The third-order valence-corrected chi connectivity index (χ3v) is 3.38. The van der Waals surface area contributed by atoms with Crippen molar-refractivity contribution in [1.82, 2.24) is 5.32 Å². The third kappa shape index (κ3) is 4.26. The molecule has 0 saturated carbocycles. The molecule has 2 aromatic rings. The molecule has 1 atom stereocenters. The number of nitrogens with one attached hydrogen (secondary N) is 1. The molecule has 20 heavy (non-hydrogen) atoms. The van der Waals surface area contributed by atoms with E-state index in [9.17, 15) is 0 Å². The van der Waals surface area contributed by atoms with Gasteiger partial charge in [-0.05, 0) is 37.2 Å². The molecule has 0 spiro atoms.